The van der Waals surface area contributed by atoms with E-state index in [2.05, 4.69) is 28.1 Å². The molecule has 20 heavy (non-hydrogen) atoms. The van der Waals surface area contributed by atoms with E-state index in [0.717, 1.165) is 0 Å². The first kappa shape index (κ1) is 13.8. The van der Waals surface area contributed by atoms with Gasteiger partial charge in [0.1, 0.15) is 0 Å². The summed E-state index contributed by atoms with van der Waals surface area (Å²) in [6.07, 6.45) is 6.06. The highest BCUT2D eigenvalue weighted by atomic mass is 32.1. The Bertz CT molecular complexity index is 480. The van der Waals surface area contributed by atoms with Gasteiger partial charge in [-0.25, -0.2) is 0 Å². The molecule has 2 amide bonds. The van der Waals surface area contributed by atoms with E-state index < -0.39 is 0 Å². The molecule has 2 atom stereocenters. The van der Waals surface area contributed by atoms with Crippen LogP contribution in [0.2, 0.25) is 0 Å². The molecule has 2 fully saturated rings. The van der Waals surface area contributed by atoms with E-state index in [4.69, 9.17) is 0 Å². The first-order valence-corrected chi connectivity index (χ1v) is 8.25. The minimum Gasteiger partial charge on any atom is -0.298 e. The first-order valence-electron chi connectivity index (χ1n) is 7.37. The minimum atomic E-state index is -0.236. The molecule has 2 aliphatic rings. The van der Waals surface area contributed by atoms with E-state index in [0.29, 0.717) is 18.8 Å². The second-order valence-corrected chi connectivity index (χ2v) is 6.69. The lowest BCUT2D eigenvalue weighted by Gasteiger charge is -2.30. The van der Waals surface area contributed by atoms with Crippen LogP contribution < -0.4 is 10.6 Å². The van der Waals surface area contributed by atoms with Crippen LogP contribution in [0.4, 0.5) is 0 Å². The maximum Gasteiger partial charge on any atom is 0.243 e. The number of rotatable bonds is 4. The zero-order valence-electron chi connectivity index (χ0n) is 11.4. The minimum absolute atomic E-state index is 0.151. The largest absolute Gasteiger partial charge is 0.298 e. The zero-order chi connectivity index (χ0) is 13.9. The monoisotopic (exact) mass is 292 g/mol. The molecule has 1 aliphatic carbocycles. The van der Waals surface area contributed by atoms with Gasteiger partial charge < -0.3 is 0 Å². The van der Waals surface area contributed by atoms with Gasteiger partial charge in [0.25, 0.3) is 0 Å². The molecule has 5 heteroatoms. The Morgan fingerprint density at radius 1 is 1.25 bits per heavy atom. The summed E-state index contributed by atoms with van der Waals surface area (Å²) < 4.78 is 0. The molecule has 1 aromatic rings. The summed E-state index contributed by atoms with van der Waals surface area (Å²) in [4.78, 5) is 24.5. The number of amides is 2. The van der Waals surface area contributed by atoms with Gasteiger partial charge in [-0.1, -0.05) is 18.9 Å². The molecule has 3 rings (SSSR count). The summed E-state index contributed by atoms with van der Waals surface area (Å²) in [5.74, 6) is 0.293. The summed E-state index contributed by atoms with van der Waals surface area (Å²) in [5.41, 5.74) is 0. The summed E-state index contributed by atoms with van der Waals surface area (Å²) in [5, 5.41) is 8.04. The standard InChI is InChI=1S/C15H20N2O2S/c18-13-8-7-11(15(19)17-13)16-14(10-4-1-2-5-10)12-6-3-9-20-12/h3,6,9-11,14,16H,1-2,4-5,7-8H2,(H,17,18,19). The molecular formula is C15H20N2O2S. The van der Waals surface area contributed by atoms with Crippen LogP contribution in [0.1, 0.15) is 49.4 Å². The Kier molecular flexibility index (Phi) is 4.17. The molecule has 0 radical (unpaired) electrons. The predicted octanol–water partition coefficient (Wildman–Crippen LogP) is 2.37. The number of carbonyl (C=O) groups is 2. The van der Waals surface area contributed by atoms with Crippen molar-refractivity contribution in [2.45, 2.75) is 50.6 Å². The summed E-state index contributed by atoms with van der Waals surface area (Å²) in [6.45, 7) is 0. The summed E-state index contributed by atoms with van der Waals surface area (Å²) >= 11 is 1.75. The van der Waals surface area contributed by atoms with Gasteiger partial charge in [-0.3, -0.25) is 20.2 Å². The Morgan fingerprint density at radius 3 is 2.70 bits per heavy atom. The smallest absolute Gasteiger partial charge is 0.243 e. The predicted molar refractivity (Wildman–Crippen MR) is 78.3 cm³/mol. The van der Waals surface area contributed by atoms with Gasteiger partial charge in [0.2, 0.25) is 11.8 Å². The fraction of sp³-hybridized carbons (Fsp3) is 0.600. The average Bonchev–Trinajstić information content (AvgIpc) is 3.11. The Morgan fingerprint density at radius 2 is 2.05 bits per heavy atom. The maximum atomic E-state index is 11.9. The van der Waals surface area contributed by atoms with Crippen LogP contribution >= 0.6 is 11.3 Å². The van der Waals surface area contributed by atoms with Crippen molar-refractivity contribution in [3.63, 3.8) is 0 Å². The van der Waals surface area contributed by atoms with Crippen molar-refractivity contribution in [3.8, 4) is 0 Å². The van der Waals surface area contributed by atoms with Gasteiger partial charge in [0.05, 0.1) is 6.04 Å². The number of piperidine rings is 1. The Hall–Kier alpha value is -1.20. The van der Waals surface area contributed by atoms with Crippen LogP contribution in [0.3, 0.4) is 0 Å². The molecule has 1 saturated heterocycles. The van der Waals surface area contributed by atoms with Crippen molar-refractivity contribution in [2.24, 2.45) is 5.92 Å². The molecule has 4 nitrogen and oxygen atoms in total. The van der Waals surface area contributed by atoms with E-state index in [1.165, 1.54) is 30.6 Å². The number of nitrogens with one attached hydrogen (secondary N) is 2. The van der Waals surface area contributed by atoms with Gasteiger partial charge in [0, 0.05) is 17.3 Å². The van der Waals surface area contributed by atoms with Gasteiger partial charge in [-0.2, -0.15) is 0 Å². The van der Waals surface area contributed by atoms with Crippen molar-refractivity contribution in [2.75, 3.05) is 0 Å². The van der Waals surface area contributed by atoms with Crippen LogP contribution in [-0.4, -0.2) is 17.9 Å². The highest BCUT2D eigenvalue weighted by Gasteiger charge is 2.33. The SMILES string of the molecule is O=C1CCC(NC(c2cccs2)C2CCCC2)C(=O)N1. The van der Waals surface area contributed by atoms with Crippen LogP contribution in [0.15, 0.2) is 17.5 Å². The third-order valence-electron chi connectivity index (χ3n) is 4.34. The van der Waals surface area contributed by atoms with E-state index in [9.17, 15) is 9.59 Å². The Balaban J connectivity index is 1.73. The molecular weight excluding hydrogens is 272 g/mol. The number of imide groups is 1. The van der Waals surface area contributed by atoms with E-state index in [-0.39, 0.29) is 23.9 Å². The quantitative estimate of drug-likeness (QED) is 0.838. The average molecular weight is 292 g/mol. The van der Waals surface area contributed by atoms with Crippen molar-refractivity contribution >= 4 is 23.2 Å². The lowest BCUT2D eigenvalue weighted by Crippen LogP contribution is -2.52. The van der Waals surface area contributed by atoms with Crippen molar-refractivity contribution in [3.05, 3.63) is 22.4 Å². The lowest BCUT2D eigenvalue weighted by molar-refractivity contribution is -0.135. The lowest BCUT2D eigenvalue weighted by atomic mass is 9.94. The van der Waals surface area contributed by atoms with Crippen molar-refractivity contribution < 1.29 is 9.59 Å². The van der Waals surface area contributed by atoms with Crippen LogP contribution in [-0.2, 0) is 9.59 Å². The van der Waals surface area contributed by atoms with Gasteiger partial charge in [0.15, 0.2) is 0 Å². The zero-order valence-corrected chi connectivity index (χ0v) is 12.2. The third-order valence-corrected chi connectivity index (χ3v) is 5.30. The number of hydrogen-bond donors (Lipinski definition) is 2. The molecule has 1 aliphatic heterocycles. The maximum absolute atomic E-state index is 11.9. The van der Waals surface area contributed by atoms with Crippen molar-refractivity contribution in [1.82, 2.24) is 10.6 Å². The van der Waals surface area contributed by atoms with Gasteiger partial charge >= 0.3 is 0 Å². The molecule has 1 saturated carbocycles. The van der Waals surface area contributed by atoms with Gasteiger partial charge in [-0.05, 0) is 36.6 Å². The molecule has 2 unspecified atom stereocenters. The second-order valence-electron chi connectivity index (χ2n) is 5.71. The molecule has 2 heterocycles. The van der Waals surface area contributed by atoms with Crippen LogP contribution in [0.5, 0.6) is 0 Å². The molecule has 108 valence electrons. The van der Waals surface area contributed by atoms with Crippen molar-refractivity contribution in [1.29, 1.82) is 0 Å². The normalized spacial score (nSPS) is 25.7. The Labute approximate surface area is 122 Å². The first-order chi connectivity index (χ1) is 9.74. The molecule has 1 aromatic heterocycles. The highest BCUT2D eigenvalue weighted by Crippen LogP contribution is 2.37. The van der Waals surface area contributed by atoms with Crippen LogP contribution in [0, 0.1) is 5.92 Å². The molecule has 0 spiro atoms. The third kappa shape index (κ3) is 2.94. The second kappa shape index (κ2) is 6.06. The van der Waals surface area contributed by atoms with E-state index in [1.807, 2.05) is 0 Å². The molecule has 0 bridgehead atoms. The van der Waals surface area contributed by atoms with Gasteiger partial charge in [-0.15, -0.1) is 11.3 Å². The van der Waals surface area contributed by atoms with E-state index in [1.54, 1.807) is 11.3 Å². The highest BCUT2D eigenvalue weighted by molar-refractivity contribution is 7.10. The molecule has 2 N–H and O–H groups in total. The fourth-order valence-electron chi connectivity index (χ4n) is 3.28. The summed E-state index contributed by atoms with van der Waals surface area (Å²) in [6, 6.07) is 4.22. The number of hydrogen-bond acceptors (Lipinski definition) is 4. The topological polar surface area (TPSA) is 58.2 Å². The fourth-order valence-corrected chi connectivity index (χ4v) is 4.16. The number of carbonyl (C=O) groups excluding carboxylic acids is 2. The van der Waals surface area contributed by atoms with Crippen LogP contribution in [0.25, 0.3) is 0 Å². The number of thiophene rings is 1. The summed E-state index contributed by atoms with van der Waals surface area (Å²) in [7, 11) is 0. The van der Waals surface area contributed by atoms with E-state index >= 15 is 0 Å². The molecule has 0 aromatic carbocycles.